The van der Waals surface area contributed by atoms with E-state index in [9.17, 15) is 39.5 Å². The van der Waals surface area contributed by atoms with Crippen molar-refractivity contribution in [2.24, 2.45) is 5.41 Å². The van der Waals surface area contributed by atoms with Crippen molar-refractivity contribution in [3.63, 3.8) is 0 Å². The quantitative estimate of drug-likeness (QED) is 0.364. The second-order valence-corrected chi connectivity index (χ2v) is 10.7. The minimum absolute atomic E-state index is 0.521. The summed E-state index contributed by atoms with van der Waals surface area (Å²) in [6, 6.07) is 4.12. The number of carbonyl (C=O) groups is 3. The second kappa shape index (κ2) is 17.3. The van der Waals surface area contributed by atoms with Crippen LogP contribution in [0.1, 0.15) is 29.8 Å². The average molecular weight is 701 g/mol. The number of ether oxygens (including phenoxy) is 1. The molecule has 1 spiro atoms. The van der Waals surface area contributed by atoms with Crippen LogP contribution in [-0.2, 0) is 27.5 Å². The van der Waals surface area contributed by atoms with Gasteiger partial charge in [0.05, 0.1) is 13.7 Å². The van der Waals surface area contributed by atoms with Gasteiger partial charge in [0.15, 0.2) is 0 Å². The van der Waals surface area contributed by atoms with Crippen molar-refractivity contribution in [3.8, 4) is 5.88 Å². The number of methoxy groups -OCH3 is 1. The smallest absolute Gasteiger partial charge is 0.481 e. The lowest BCUT2D eigenvalue weighted by atomic mass is 9.77. The highest BCUT2D eigenvalue weighted by Crippen LogP contribution is 2.41. The maximum absolute atomic E-state index is 10.6. The van der Waals surface area contributed by atoms with Crippen molar-refractivity contribution in [1.29, 1.82) is 0 Å². The third-order valence-corrected chi connectivity index (χ3v) is 7.21. The van der Waals surface area contributed by atoms with Crippen molar-refractivity contribution in [2.45, 2.75) is 50.9 Å². The fourth-order valence-electron chi connectivity index (χ4n) is 4.25. The number of nitrogens with zero attached hydrogens (tertiary/aromatic N) is 4. The van der Waals surface area contributed by atoms with Crippen LogP contribution in [0.3, 0.4) is 0 Å². The van der Waals surface area contributed by atoms with Gasteiger partial charge in [0.1, 0.15) is 5.01 Å². The van der Waals surface area contributed by atoms with Crippen LogP contribution in [-0.4, -0.2) is 105 Å². The first-order valence-corrected chi connectivity index (χ1v) is 13.7. The number of pyridine rings is 1. The Bertz CT molecular complexity index is 1190. The Kier molecular flexibility index (Phi) is 15.1. The largest absolute Gasteiger partial charge is 0.490 e. The standard InChI is InChI=1S/C19H26N4OS.3C2HF3O2/c1-24-18-16(3-2-7-21-18)13-22-9-4-19(5-10-22)6-11-23(15-19)14-17-20-8-12-25-17;3*3-2(4,5)1(6)7/h2-3,7-8,12H,4-6,9-11,13-15H2,1H3;3*(H,6,7). The molecule has 2 aliphatic rings. The maximum Gasteiger partial charge on any atom is 0.490 e. The van der Waals surface area contributed by atoms with Crippen LogP contribution in [0.15, 0.2) is 29.9 Å². The zero-order chi connectivity index (χ0) is 35.3. The van der Waals surface area contributed by atoms with Gasteiger partial charge in [0, 0.05) is 36.4 Å². The molecule has 4 rings (SSSR count). The van der Waals surface area contributed by atoms with E-state index in [4.69, 9.17) is 34.4 Å². The SMILES string of the molecule is COc1ncccc1CN1CCC2(CC1)CCN(Cc1nccs1)C2.O=C(O)C(F)(F)F.O=C(O)C(F)(F)F.O=C(O)C(F)(F)F. The lowest BCUT2D eigenvalue weighted by molar-refractivity contribution is -0.193. The Balaban J connectivity index is 0.000000413. The van der Waals surface area contributed by atoms with Gasteiger partial charge in [-0.2, -0.15) is 39.5 Å². The zero-order valence-corrected chi connectivity index (χ0v) is 24.6. The lowest BCUT2D eigenvalue weighted by Gasteiger charge is -2.39. The molecule has 46 heavy (non-hydrogen) atoms. The summed E-state index contributed by atoms with van der Waals surface area (Å²) in [4.78, 5) is 40.6. The minimum Gasteiger partial charge on any atom is -0.481 e. The Labute approximate surface area is 259 Å². The van der Waals surface area contributed by atoms with Crippen LogP contribution in [0.2, 0.25) is 0 Å². The number of rotatable bonds is 5. The molecular weight excluding hydrogens is 671 g/mol. The Hall–Kier alpha value is -3.72. The van der Waals surface area contributed by atoms with Gasteiger partial charge in [0.25, 0.3) is 0 Å². The highest BCUT2D eigenvalue weighted by atomic mass is 32.1. The van der Waals surface area contributed by atoms with Crippen molar-refractivity contribution < 1.29 is 74.0 Å². The molecule has 0 unspecified atom stereocenters. The van der Waals surface area contributed by atoms with Gasteiger partial charge in [-0.05, 0) is 50.4 Å². The van der Waals surface area contributed by atoms with Crippen LogP contribution in [0.5, 0.6) is 5.88 Å². The molecule has 0 radical (unpaired) electrons. The normalized spacial score (nSPS) is 16.6. The lowest BCUT2D eigenvalue weighted by Crippen LogP contribution is -2.41. The van der Waals surface area contributed by atoms with E-state index in [2.05, 4.69) is 31.2 Å². The number of hydrogen-bond acceptors (Lipinski definition) is 9. The van der Waals surface area contributed by atoms with E-state index < -0.39 is 36.4 Å². The molecule has 2 fully saturated rings. The van der Waals surface area contributed by atoms with E-state index in [1.807, 2.05) is 12.3 Å². The van der Waals surface area contributed by atoms with Crippen molar-refractivity contribution >= 4 is 29.2 Å². The van der Waals surface area contributed by atoms with Crippen LogP contribution < -0.4 is 4.74 Å². The zero-order valence-electron chi connectivity index (χ0n) is 23.8. The first-order valence-electron chi connectivity index (χ1n) is 12.8. The minimum atomic E-state index is -5.08. The summed E-state index contributed by atoms with van der Waals surface area (Å²) in [5, 5.41) is 24.7. The number of piperidine rings is 1. The van der Waals surface area contributed by atoms with E-state index in [1.54, 1.807) is 24.6 Å². The van der Waals surface area contributed by atoms with Gasteiger partial charge in [-0.15, -0.1) is 11.3 Å². The number of carboxylic acids is 3. The van der Waals surface area contributed by atoms with Crippen LogP contribution in [0.25, 0.3) is 0 Å². The molecular formula is C25H29F9N4O7S. The molecule has 21 heteroatoms. The van der Waals surface area contributed by atoms with E-state index >= 15 is 0 Å². The monoisotopic (exact) mass is 700 g/mol. The van der Waals surface area contributed by atoms with Gasteiger partial charge in [-0.25, -0.2) is 24.4 Å². The van der Waals surface area contributed by atoms with Crippen LogP contribution in [0, 0.1) is 5.41 Å². The molecule has 11 nitrogen and oxygen atoms in total. The van der Waals surface area contributed by atoms with Gasteiger partial charge >= 0.3 is 36.4 Å². The Morgan fingerprint density at radius 3 is 1.65 bits per heavy atom. The number of carboxylic acid groups (broad SMARTS) is 3. The molecule has 0 aromatic carbocycles. The Morgan fingerprint density at radius 2 is 1.26 bits per heavy atom. The number of alkyl halides is 9. The molecule has 0 amide bonds. The van der Waals surface area contributed by atoms with E-state index in [1.165, 1.54) is 56.0 Å². The van der Waals surface area contributed by atoms with E-state index in [0.29, 0.717) is 5.41 Å². The topological polar surface area (TPSA) is 153 Å². The number of likely N-dealkylation sites (tertiary alicyclic amines) is 2. The number of aliphatic carboxylic acids is 3. The molecule has 260 valence electrons. The summed E-state index contributed by atoms with van der Waals surface area (Å²) in [5.41, 5.74) is 1.71. The molecule has 0 saturated carbocycles. The molecule has 0 aliphatic carbocycles. The Morgan fingerprint density at radius 1 is 0.804 bits per heavy atom. The first-order chi connectivity index (χ1) is 21.1. The summed E-state index contributed by atoms with van der Waals surface area (Å²) in [5.74, 6) is -7.51. The van der Waals surface area contributed by atoms with Gasteiger partial charge in [-0.1, -0.05) is 6.07 Å². The number of aromatic nitrogens is 2. The van der Waals surface area contributed by atoms with Crippen molar-refractivity contribution in [2.75, 3.05) is 33.3 Å². The first kappa shape index (κ1) is 40.3. The summed E-state index contributed by atoms with van der Waals surface area (Å²) >= 11 is 1.77. The number of halogens is 9. The van der Waals surface area contributed by atoms with Gasteiger partial charge < -0.3 is 20.1 Å². The fourth-order valence-corrected chi connectivity index (χ4v) is 4.91. The molecule has 2 saturated heterocycles. The summed E-state index contributed by atoms with van der Waals surface area (Å²) in [6.45, 7) is 6.75. The van der Waals surface area contributed by atoms with Crippen molar-refractivity contribution in [1.82, 2.24) is 19.8 Å². The molecule has 2 aliphatic heterocycles. The van der Waals surface area contributed by atoms with Crippen LogP contribution >= 0.6 is 11.3 Å². The van der Waals surface area contributed by atoms with Crippen LogP contribution in [0.4, 0.5) is 39.5 Å². The summed E-state index contributed by atoms with van der Waals surface area (Å²) in [7, 11) is 1.70. The maximum atomic E-state index is 10.6. The molecule has 2 aromatic rings. The second-order valence-electron chi connectivity index (χ2n) is 9.74. The highest BCUT2D eigenvalue weighted by Gasteiger charge is 2.41. The third kappa shape index (κ3) is 14.6. The number of thiazole rings is 1. The summed E-state index contributed by atoms with van der Waals surface area (Å²) in [6.07, 6.45) is -7.61. The predicted molar refractivity (Wildman–Crippen MR) is 141 cm³/mol. The van der Waals surface area contributed by atoms with Gasteiger partial charge in [0.2, 0.25) is 5.88 Å². The molecule has 0 atom stereocenters. The van der Waals surface area contributed by atoms with Gasteiger partial charge in [-0.3, -0.25) is 9.80 Å². The average Bonchev–Trinajstić information content (AvgIpc) is 3.60. The number of hydrogen-bond donors (Lipinski definition) is 3. The summed E-state index contributed by atoms with van der Waals surface area (Å²) < 4.78 is 101. The van der Waals surface area contributed by atoms with Crippen molar-refractivity contribution in [3.05, 3.63) is 40.5 Å². The molecule has 3 N–H and O–H groups in total. The molecule has 0 bridgehead atoms. The predicted octanol–water partition coefficient (Wildman–Crippen LogP) is 4.93. The van der Waals surface area contributed by atoms with E-state index in [-0.39, 0.29) is 0 Å². The van der Waals surface area contributed by atoms with E-state index in [0.717, 1.165) is 19.0 Å². The third-order valence-electron chi connectivity index (χ3n) is 6.44. The molecule has 2 aromatic heterocycles. The molecule has 4 heterocycles. The fraction of sp³-hybridized carbons (Fsp3) is 0.560. The highest BCUT2D eigenvalue weighted by molar-refractivity contribution is 7.09.